The number of carbonyl (C=O) groups excluding carboxylic acids is 1. The van der Waals surface area contributed by atoms with E-state index in [2.05, 4.69) is 0 Å². The van der Waals surface area contributed by atoms with E-state index in [1.807, 2.05) is 6.92 Å². The molecule has 0 radical (unpaired) electrons. The van der Waals surface area contributed by atoms with Gasteiger partial charge in [0.05, 0.1) is 11.5 Å². The molecule has 1 fully saturated rings. The second-order valence-electron chi connectivity index (χ2n) is 4.31. The van der Waals surface area contributed by atoms with Gasteiger partial charge in [-0.15, -0.1) is 0 Å². The van der Waals surface area contributed by atoms with E-state index in [0.717, 1.165) is 0 Å². The number of hydrogen-bond acceptors (Lipinski definition) is 4. The fraction of sp³-hybridized carbons (Fsp3) is 0.900. The maximum absolute atomic E-state index is 11.9. The molecule has 2 N–H and O–H groups in total. The van der Waals surface area contributed by atoms with Crippen LogP contribution in [0.25, 0.3) is 0 Å². The van der Waals surface area contributed by atoms with Crippen LogP contribution >= 0.6 is 0 Å². The summed E-state index contributed by atoms with van der Waals surface area (Å²) in [7, 11) is -2.94. The van der Waals surface area contributed by atoms with E-state index in [1.54, 1.807) is 4.90 Å². The normalized spacial score (nSPS) is 22.5. The summed E-state index contributed by atoms with van der Waals surface area (Å²) in [4.78, 5) is 13.6. The first-order chi connectivity index (χ1) is 7.46. The Balaban J connectivity index is 2.58. The lowest BCUT2D eigenvalue weighted by molar-refractivity contribution is -0.134. The van der Waals surface area contributed by atoms with Crippen LogP contribution in [-0.4, -0.2) is 50.4 Å². The van der Waals surface area contributed by atoms with Crippen molar-refractivity contribution in [2.45, 2.75) is 19.8 Å². The Kier molecular flexibility index (Phi) is 4.73. The Morgan fingerprint density at radius 3 is 2.69 bits per heavy atom. The van der Waals surface area contributed by atoms with E-state index in [1.165, 1.54) is 0 Å². The Hall–Kier alpha value is -0.620. The lowest BCUT2D eigenvalue weighted by Gasteiger charge is -2.23. The predicted octanol–water partition coefficient (Wildman–Crippen LogP) is -0.382. The minimum Gasteiger partial charge on any atom is -0.341 e. The van der Waals surface area contributed by atoms with Gasteiger partial charge in [-0.2, -0.15) is 0 Å². The molecule has 1 heterocycles. The van der Waals surface area contributed by atoms with Crippen LogP contribution in [0.15, 0.2) is 0 Å². The van der Waals surface area contributed by atoms with Crippen molar-refractivity contribution in [3.8, 4) is 0 Å². The van der Waals surface area contributed by atoms with Gasteiger partial charge in [0.1, 0.15) is 0 Å². The molecule has 0 aromatic carbocycles. The Morgan fingerprint density at radius 2 is 2.06 bits per heavy atom. The second kappa shape index (κ2) is 5.63. The van der Waals surface area contributed by atoms with Crippen LogP contribution in [0.4, 0.5) is 0 Å². The van der Waals surface area contributed by atoms with E-state index in [4.69, 9.17) is 5.73 Å². The fourth-order valence-corrected chi connectivity index (χ4v) is 3.12. The van der Waals surface area contributed by atoms with Gasteiger partial charge in [-0.05, 0) is 19.4 Å². The van der Waals surface area contributed by atoms with E-state index < -0.39 is 9.84 Å². The summed E-state index contributed by atoms with van der Waals surface area (Å²) >= 11 is 0. The Morgan fingerprint density at radius 1 is 1.38 bits per heavy atom. The van der Waals surface area contributed by atoms with Crippen molar-refractivity contribution in [2.75, 3.05) is 31.1 Å². The van der Waals surface area contributed by atoms with Crippen molar-refractivity contribution >= 4 is 15.7 Å². The highest BCUT2D eigenvalue weighted by atomic mass is 32.2. The number of rotatable bonds is 3. The van der Waals surface area contributed by atoms with Crippen LogP contribution in [0.3, 0.4) is 0 Å². The third-order valence-electron chi connectivity index (χ3n) is 2.89. The maximum atomic E-state index is 11.9. The lowest BCUT2D eigenvalue weighted by Crippen LogP contribution is -2.37. The quantitative estimate of drug-likeness (QED) is 0.738. The minimum absolute atomic E-state index is 0.0301. The van der Waals surface area contributed by atoms with Crippen LogP contribution in [0, 0.1) is 5.92 Å². The molecule has 0 bridgehead atoms. The molecule has 1 rings (SSSR count). The average Bonchev–Trinajstić information content (AvgIpc) is 2.39. The molecular weight excluding hydrogens is 228 g/mol. The van der Waals surface area contributed by atoms with Crippen molar-refractivity contribution < 1.29 is 13.2 Å². The standard InChI is InChI=1S/C10H20N2O3S/c1-9(3-4-11)10(13)12-5-2-7-16(14,15)8-6-12/h9H,2-8,11H2,1H3. The monoisotopic (exact) mass is 248 g/mol. The van der Waals surface area contributed by atoms with Gasteiger partial charge in [0.2, 0.25) is 5.91 Å². The van der Waals surface area contributed by atoms with E-state index in [0.29, 0.717) is 32.5 Å². The highest BCUT2D eigenvalue weighted by Crippen LogP contribution is 2.11. The van der Waals surface area contributed by atoms with Crippen molar-refractivity contribution in [3.05, 3.63) is 0 Å². The molecule has 1 unspecified atom stereocenters. The van der Waals surface area contributed by atoms with E-state index in [-0.39, 0.29) is 23.3 Å². The summed E-state index contributed by atoms with van der Waals surface area (Å²) in [5, 5.41) is 0. The molecule has 0 aromatic rings. The fourth-order valence-electron chi connectivity index (χ4n) is 1.84. The van der Waals surface area contributed by atoms with E-state index in [9.17, 15) is 13.2 Å². The highest BCUT2D eigenvalue weighted by Gasteiger charge is 2.25. The van der Waals surface area contributed by atoms with Crippen molar-refractivity contribution in [3.63, 3.8) is 0 Å². The molecule has 5 nitrogen and oxygen atoms in total. The summed E-state index contributed by atoms with van der Waals surface area (Å²) in [6.07, 6.45) is 1.20. The van der Waals surface area contributed by atoms with Gasteiger partial charge in [-0.1, -0.05) is 6.92 Å². The predicted molar refractivity (Wildman–Crippen MR) is 62.7 cm³/mol. The van der Waals surface area contributed by atoms with E-state index >= 15 is 0 Å². The molecule has 16 heavy (non-hydrogen) atoms. The molecular formula is C10H20N2O3S. The van der Waals surface area contributed by atoms with Gasteiger partial charge in [0, 0.05) is 19.0 Å². The number of nitrogens with two attached hydrogens (primary N) is 1. The number of nitrogens with zero attached hydrogens (tertiary/aromatic N) is 1. The summed E-state index contributed by atoms with van der Waals surface area (Å²) in [5.41, 5.74) is 5.40. The summed E-state index contributed by atoms with van der Waals surface area (Å²) in [6.45, 7) is 3.21. The third kappa shape index (κ3) is 3.75. The molecule has 1 aliphatic heterocycles. The zero-order valence-corrected chi connectivity index (χ0v) is 10.5. The number of hydrogen-bond donors (Lipinski definition) is 1. The first-order valence-electron chi connectivity index (χ1n) is 5.65. The van der Waals surface area contributed by atoms with Crippen LogP contribution < -0.4 is 5.73 Å². The third-order valence-corrected chi connectivity index (χ3v) is 4.60. The van der Waals surface area contributed by atoms with Crippen molar-refractivity contribution in [1.82, 2.24) is 4.90 Å². The van der Waals surface area contributed by atoms with Crippen LogP contribution in [0.5, 0.6) is 0 Å². The molecule has 0 spiro atoms. The zero-order valence-electron chi connectivity index (χ0n) is 9.68. The van der Waals surface area contributed by atoms with Crippen molar-refractivity contribution in [2.24, 2.45) is 11.7 Å². The molecule has 0 saturated carbocycles. The van der Waals surface area contributed by atoms with Gasteiger partial charge < -0.3 is 10.6 Å². The van der Waals surface area contributed by atoms with Gasteiger partial charge >= 0.3 is 0 Å². The first-order valence-corrected chi connectivity index (χ1v) is 7.47. The van der Waals surface area contributed by atoms with Gasteiger partial charge in [0.15, 0.2) is 9.84 Å². The molecule has 1 atom stereocenters. The Bertz CT molecular complexity index is 340. The van der Waals surface area contributed by atoms with Crippen molar-refractivity contribution in [1.29, 1.82) is 0 Å². The first kappa shape index (κ1) is 13.4. The summed E-state index contributed by atoms with van der Waals surface area (Å²) < 4.78 is 22.8. The maximum Gasteiger partial charge on any atom is 0.225 e. The molecule has 94 valence electrons. The van der Waals surface area contributed by atoms with Crippen LogP contribution in [0.1, 0.15) is 19.8 Å². The topological polar surface area (TPSA) is 80.5 Å². The average molecular weight is 248 g/mol. The highest BCUT2D eigenvalue weighted by molar-refractivity contribution is 7.91. The van der Waals surface area contributed by atoms with Gasteiger partial charge in [0.25, 0.3) is 0 Å². The number of sulfone groups is 1. The van der Waals surface area contributed by atoms with Gasteiger partial charge in [-0.3, -0.25) is 4.79 Å². The SMILES string of the molecule is CC(CCN)C(=O)N1CCCS(=O)(=O)CC1. The number of amides is 1. The second-order valence-corrected chi connectivity index (χ2v) is 6.61. The Labute approximate surface area is 96.9 Å². The zero-order chi connectivity index (χ0) is 12.2. The molecule has 6 heteroatoms. The van der Waals surface area contributed by atoms with Crippen LogP contribution in [0.2, 0.25) is 0 Å². The largest absolute Gasteiger partial charge is 0.341 e. The lowest BCUT2D eigenvalue weighted by atomic mass is 10.1. The smallest absolute Gasteiger partial charge is 0.225 e. The van der Waals surface area contributed by atoms with Gasteiger partial charge in [-0.25, -0.2) is 8.42 Å². The summed E-state index contributed by atoms with van der Waals surface area (Å²) in [6, 6.07) is 0. The molecule has 0 aromatic heterocycles. The van der Waals surface area contributed by atoms with Crippen LogP contribution in [-0.2, 0) is 14.6 Å². The molecule has 1 saturated heterocycles. The summed E-state index contributed by atoms with van der Waals surface area (Å²) in [5.74, 6) is 0.212. The minimum atomic E-state index is -2.94. The molecule has 0 aliphatic carbocycles. The molecule has 1 amide bonds. The number of carbonyl (C=O) groups is 1. The molecule has 1 aliphatic rings.